The minimum atomic E-state index is -4.67. The highest BCUT2D eigenvalue weighted by Gasteiger charge is 2.55. The molecule has 2 aromatic carbocycles. The van der Waals surface area contributed by atoms with E-state index in [9.17, 15) is 18.0 Å². The summed E-state index contributed by atoms with van der Waals surface area (Å²) in [6.45, 7) is 8.35. The zero-order valence-electron chi connectivity index (χ0n) is 21.7. The molecule has 1 aliphatic heterocycles. The lowest BCUT2D eigenvalue weighted by Crippen LogP contribution is -2.33. The average molecular weight is 537 g/mol. The van der Waals surface area contributed by atoms with E-state index in [-0.39, 0.29) is 11.7 Å². The highest BCUT2D eigenvalue weighted by molar-refractivity contribution is 5.75. The fourth-order valence-corrected chi connectivity index (χ4v) is 5.08. The third-order valence-electron chi connectivity index (χ3n) is 6.85. The molecule has 4 rings (SSSR count). The summed E-state index contributed by atoms with van der Waals surface area (Å²) in [5.41, 5.74) is 1.95. The molecule has 1 aliphatic carbocycles. The molecular weight excluding hydrogens is 501 g/mol. The van der Waals surface area contributed by atoms with Crippen molar-refractivity contribution in [3.63, 3.8) is 0 Å². The van der Waals surface area contributed by atoms with Crippen LogP contribution in [-0.2, 0) is 27.2 Å². The van der Waals surface area contributed by atoms with Crippen LogP contribution in [0.1, 0.15) is 25.0 Å². The number of ether oxygens (including phenoxy) is 4. The van der Waals surface area contributed by atoms with Gasteiger partial charge in [-0.25, -0.2) is 4.79 Å². The maximum Gasteiger partial charge on any atom is 0.573 e. The monoisotopic (exact) mass is 536 g/mol. The van der Waals surface area contributed by atoms with Crippen LogP contribution in [0.25, 0.3) is 0 Å². The molecule has 0 aromatic heterocycles. The van der Waals surface area contributed by atoms with E-state index in [1.807, 2.05) is 31.2 Å². The van der Waals surface area contributed by atoms with Gasteiger partial charge in [-0.15, -0.1) is 13.2 Å². The minimum Gasteiger partial charge on any atom is -0.492 e. The summed E-state index contributed by atoms with van der Waals surface area (Å²) in [7, 11) is 0. The number of likely N-dealkylation sites (tertiary alicyclic amines) is 1. The summed E-state index contributed by atoms with van der Waals surface area (Å²) in [5, 5.41) is 3.58. The van der Waals surface area contributed by atoms with Crippen LogP contribution in [0, 0.1) is 11.8 Å². The summed E-state index contributed by atoms with van der Waals surface area (Å²) in [6.07, 6.45) is -4.83. The van der Waals surface area contributed by atoms with Gasteiger partial charge in [-0.1, -0.05) is 24.3 Å². The molecule has 38 heavy (non-hydrogen) atoms. The molecule has 0 radical (unpaired) electrons. The van der Waals surface area contributed by atoms with E-state index in [1.54, 1.807) is 19.1 Å². The van der Waals surface area contributed by atoms with Crippen molar-refractivity contribution in [1.82, 2.24) is 10.2 Å². The molecule has 1 N–H and O–H groups in total. The number of esters is 1. The molecule has 1 unspecified atom stereocenters. The van der Waals surface area contributed by atoms with Gasteiger partial charge < -0.3 is 24.3 Å². The van der Waals surface area contributed by atoms with Gasteiger partial charge in [0.1, 0.15) is 18.1 Å². The fraction of sp³-hybridized carbons (Fsp3) is 0.536. The van der Waals surface area contributed by atoms with Crippen molar-refractivity contribution in [2.45, 2.75) is 45.3 Å². The zero-order valence-corrected chi connectivity index (χ0v) is 21.7. The fourth-order valence-electron chi connectivity index (χ4n) is 5.08. The van der Waals surface area contributed by atoms with Gasteiger partial charge in [0.05, 0.1) is 6.61 Å². The van der Waals surface area contributed by atoms with E-state index in [1.165, 1.54) is 12.1 Å². The Morgan fingerprint density at radius 2 is 1.61 bits per heavy atom. The Hall–Kier alpha value is -2.82. The zero-order chi connectivity index (χ0) is 27.1. The van der Waals surface area contributed by atoms with Crippen molar-refractivity contribution in [3.05, 3.63) is 59.7 Å². The number of nitrogens with zero attached hydrogens (tertiary/aromatic N) is 1. The molecule has 10 heteroatoms. The Morgan fingerprint density at radius 3 is 2.21 bits per heavy atom. The number of hydrogen-bond donors (Lipinski definition) is 1. The van der Waals surface area contributed by atoms with Crippen LogP contribution in [-0.4, -0.2) is 68.8 Å². The van der Waals surface area contributed by atoms with Gasteiger partial charge in [0, 0.05) is 45.2 Å². The lowest BCUT2D eigenvalue weighted by Gasteiger charge is -2.20. The second-order valence-electron chi connectivity index (χ2n) is 9.59. The van der Waals surface area contributed by atoms with Gasteiger partial charge in [-0.3, -0.25) is 4.90 Å². The van der Waals surface area contributed by atoms with Crippen LogP contribution in [0.15, 0.2) is 48.5 Å². The first kappa shape index (κ1) is 28.2. The highest BCUT2D eigenvalue weighted by Crippen LogP contribution is 2.45. The predicted octanol–water partition coefficient (Wildman–Crippen LogP) is 4.19. The Bertz CT molecular complexity index is 1020. The molecule has 0 amide bonds. The predicted molar refractivity (Wildman–Crippen MR) is 135 cm³/mol. The number of nitrogens with one attached hydrogen (secondary N) is 1. The third-order valence-corrected chi connectivity index (χ3v) is 6.85. The molecule has 1 saturated carbocycles. The second-order valence-corrected chi connectivity index (χ2v) is 9.59. The first-order valence-electron chi connectivity index (χ1n) is 13.1. The van der Waals surface area contributed by atoms with Crippen molar-refractivity contribution < 1.29 is 36.9 Å². The Morgan fingerprint density at radius 1 is 0.974 bits per heavy atom. The summed E-state index contributed by atoms with van der Waals surface area (Å²) < 4.78 is 57.3. The number of hydrogen-bond acceptors (Lipinski definition) is 7. The number of benzene rings is 2. The molecule has 2 aromatic rings. The lowest BCUT2D eigenvalue weighted by atomic mass is 10.1. The maximum absolute atomic E-state index is 12.3. The number of rotatable bonds is 14. The number of fused-ring (bicyclic) bond motifs is 1. The maximum atomic E-state index is 12.3. The van der Waals surface area contributed by atoms with E-state index in [0.29, 0.717) is 44.1 Å². The summed E-state index contributed by atoms with van der Waals surface area (Å²) >= 11 is 0. The first-order valence-corrected chi connectivity index (χ1v) is 13.1. The standard InChI is InChI=1S/C28H35F3N2O5/c1-3-35-25(27(34)36-4-2)15-19-5-9-21(10-6-19)37-14-13-32-26-23-17-33(18-24(23)26)16-20-7-11-22(12-8-20)38-28(29,30)31/h5-12,23-26,32H,3-4,13-18H2,1-2H3/t23-,24?,25-,26+/m0/s1. The number of carbonyl (C=O) groups is 1. The largest absolute Gasteiger partial charge is 0.573 e. The quantitative estimate of drug-likeness (QED) is 0.287. The molecule has 7 nitrogen and oxygen atoms in total. The number of carbonyl (C=O) groups excluding carboxylic acids is 1. The molecule has 0 spiro atoms. The van der Waals surface area contributed by atoms with Crippen LogP contribution in [0.5, 0.6) is 11.5 Å². The molecule has 1 heterocycles. The summed E-state index contributed by atoms with van der Waals surface area (Å²) in [6, 6.07) is 14.2. The van der Waals surface area contributed by atoms with Crippen LogP contribution >= 0.6 is 0 Å². The van der Waals surface area contributed by atoms with Crippen LogP contribution in [0.3, 0.4) is 0 Å². The van der Waals surface area contributed by atoms with Crippen molar-refractivity contribution in [1.29, 1.82) is 0 Å². The lowest BCUT2D eigenvalue weighted by molar-refractivity contribution is -0.274. The van der Waals surface area contributed by atoms with Gasteiger partial charge in [0.25, 0.3) is 0 Å². The first-order chi connectivity index (χ1) is 18.3. The molecule has 2 aliphatic rings. The average Bonchev–Trinajstić information content (AvgIpc) is 3.32. The number of piperidine rings is 1. The van der Waals surface area contributed by atoms with Crippen LogP contribution in [0.4, 0.5) is 13.2 Å². The van der Waals surface area contributed by atoms with Gasteiger partial charge in [-0.2, -0.15) is 0 Å². The molecule has 2 fully saturated rings. The molecule has 208 valence electrons. The summed E-state index contributed by atoms with van der Waals surface area (Å²) in [5.74, 6) is 1.42. The van der Waals surface area contributed by atoms with Crippen LogP contribution in [0.2, 0.25) is 0 Å². The summed E-state index contributed by atoms with van der Waals surface area (Å²) in [4.78, 5) is 14.4. The SMILES string of the molecule is CCOC(=O)[C@H](Cc1ccc(OCCN[C@H]2C3CN(Cc4ccc(OC(F)(F)F)cc4)C[C@@H]32)cc1)OCC. The Kier molecular flexibility index (Phi) is 9.51. The van der Waals surface area contributed by atoms with E-state index < -0.39 is 12.5 Å². The van der Waals surface area contributed by atoms with Gasteiger partial charge in [0.15, 0.2) is 6.10 Å². The Labute approximate surface area is 221 Å². The highest BCUT2D eigenvalue weighted by atomic mass is 19.4. The molecular formula is C28H35F3N2O5. The van der Waals surface area contributed by atoms with Crippen molar-refractivity contribution in [3.8, 4) is 11.5 Å². The molecule has 1 saturated heterocycles. The molecule has 0 bridgehead atoms. The van der Waals surface area contributed by atoms with E-state index in [2.05, 4.69) is 15.0 Å². The van der Waals surface area contributed by atoms with Crippen molar-refractivity contribution in [2.75, 3.05) is 39.5 Å². The second kappa shape index (κ2) is 12.8. The van der Waals surface area contributed by atoms with Gasteiger partial charge >= 0.3 is 12.3 Å². The van der Waals surface area contributed by atoms with E-state index >= 15 is 0 Å². The Balaban J connectivity index is 1.11. The van der Waals surface area contributed by atoms with Gasteiger partial charge in [-0.05, 0) is 61.1 Å². The number of alkyl halides is 3. The topological polar surface area (TPSA) is 69.3 Å². The van der Waals surface area contributed by atoms with Gasteiger partial charge in [0.2, 0.25) is 0 Å². The molecule has 4 atom stereocenters. The number of halogens is 3. The van der Waals surface area contributed by atoms with E-state index in [4.69, 9.17) is 14.2 Å². The smallest absolute Gasteiger partial charge is 0.492 e. The van der Waals surface area contributed by atoms with Crippen LogP contribution < -0.4 is 14.8 Å². The minimum absolute atomic E-state index is 0.197. The van der Waals surface area contributed by atoms with Crippen molar-refractivity contribution >= 4 is 5.97 Å². The third kappa shape index (κ3) is 8.09. The normalized spacial score (nSPS) is 21.6. The van der Waals surface area contributed by atoms with E-state index in [0.717, 1.165) is 43.1 Å². The van der Waals surface area contributed by atoms with Crippen molar-refractivity contribution in [2.24, 2.45) is 11.8 Å².